The van der Waals surface area contributed by atoms with E-state index in [2.05, 4.69) is 39.6 Å². The fraction of sp³-hybridized carbons (Fsp3) is 0.500. The summed E-state index contributed by atoms with van der Waals surface area (Å²) in [7, 11) is 0. The molecule has 2 aliphatic heterocycles. The Balaban J connectivity index is 0.00000153. The molecular formula is C24H29Cl2F3N2O2. The predicted octanol–water partition coefficient (Wildman–Crippen LogP) is 5.87. The van der Waals surface area contributed by atoms with Gasteiger partial charge >= 0.3 is 6.36 Å². The third kappa shape index (κ3) is 5.88. The molecular weight excluding hydrogens is 476 g/mol. The Kier molecular flexibility index (Phi) is 8.10. The van der Waals surface area contributed by atoms with Crippen molar-refractivity contribution < 1.29 is 22.6 Å². The molecule has 4 nitrogen and oxygen atoms in total. The minimum Gasteiger partial charge on any atom is -0.490 e. The molecule has 2 N–H and O–H groups in total. The lowest BCUT2D eigenvalue weighted by molar-refractivity contribution is -0.274. The van der Waals surface area contributed by atoms with Crippen molar-refractivity contribution in [2.75, 3.05) is 0 Å². The second-order valence-corrected chi connectivity index (χ2v) is 8.86. The number of ether oxygens (including phenoxy) is 2. The standard InChI is InChI=1S/C24H27F3N2O2.2ClH/c25-24(26,27)31-20-9-10-21(30-19-7-8-19)16(14-20)15-28-22-11-6-18-12-13-23(22,29-18)17-4-2-1-3-5-17;;/h1-5,9-10,14,18-19,22,28-29H,6-8,11-13,15H2;2*1H. The van der Waals surface area contributed by atoms with Gasteiger partial charge in [0.1, 0.15) is 11.5 Å². The maximum absolute atomic E-state index is 12.7. The van der Waals surface area contributed by atoms with Crippen molar-refractivity contribution in [2.24, 2.45) is 0 Å². The molecule has 2 aromatic carbocycles. The van der Waals surface area contributed by atoms with E-state index in [4.69, 9.17) is 4.74 Å². The minimum absolute atomic E-state index is 0. The van der Waals surface area contributed by atoms with Gasteiger partial charge in [-0.1, -0.05) is 30.3 Å². The van der Waals surface area contributed by atoms with Crippen LogP contribution in [0.5, 0.6) is 11.5 Å². The average molecular weight is 505 g/mol. The van der Waals surface area contributed by atoms with Crippen LogP contribution in [0.2, 0.25) is 0 Å². The minimum atomic E-state index is -4.72. The molecule has 2 saturated heterocycles. The van der Waals surface area contributed by atoms with Crippen LogP contribution in [-0.2, 0) is 12.1 Å². The summed E-state index contributed by atoms with van der Waals surface area (Å²) < 4.78 is 48.3. The van der Waals surface area contributed by atoms with Crippen LogP contribution in [0.15, 0.2) is 48.5 Å². The van der Waals surface area contributed by atoms with Gasteiger partial charge in [0.25, 0.3) is 0 Å². The molecule has 0 amide bonds. The van der Waals surface area contributed by atoms with Crippen LogP contribution >= 0.6 is 24.8 Å². The lowest BCUT2D eigenvalue weighted by Gasteiger charge is -2.43. The highest BCUT2D eigenvalue weighted by molar-refractivity contribution is 5.85. The molecule has 2 aromatic rings. The quantitative estimate of drug-likeness (QED) is 0.494. The number of alkyl halides is 3. The number of halogens is 5. The van der Waals surface area contributed by atoms with E-state index >= 15 is 0 Å². The molecule has 1 aliphatic carbocycles. The molecule has 9 heteroatoms. The van der Waals surface area contributed by atoms with Crippen molar-refractivity contribution in [3.63, 3.8) is 0 Å². The first kappa shape index (κ1) is 25.9. The summed E-state index contributed by atoms with van der Waals surface area (Å²) in [6.07, 6.45) is 1.71. The molecule has 3 atom stereocenters. The van der Waals surface area contributed by atoms with Gasteiger partial charge in [0.15, 0.2) is 0 Å². The average Bonchev–Trinajstić information content (AvgIpc) is 3.50. The summed E-state index contributed by atoms with van der Waals surface area (Å²) in [5, 5.41) is 7.49. The first-order valence-electron chi connectivity index (χ1n) is 11.0. The smallest absolute Gasteiger partial charge is 0.490 e. The largest absolute Gasteiger partial charge is 0.573 e. The lowest BCUT2D eigenvalue weighted by atomic mass is 9.79. The molecule has 2 heterocycles. The van der Waals surface area contributed by atoms with Crippen LogP contribution in [0, 0.1) is 0 Å². The van der Waals surface area contributed by atoms with Gasteiger partial charge in [0.05, 0.1) is 11.6 Å². The van der Waals surface area contributed by atoms with E-state index in [1.54, 1.807) is 6.07 Å². The highest BCUT2D eigenvalue weighted by Crippen LogP contribution is 2.43. The molecule has 0 radical (unpaired) electrons. The zero-order chi connectivity index (χ0) is 21.5. The number of hydrogen-bond donors (Lipinski definition) is 2. The lowest BCUT2D eigenvalue weighted by Crippen LogP contribution is -2.58. The Morgan fingerprint density at radius 3 is 2.42 bits per heavy atom. The molecule has 33 heavy (non-hydrogen) atoms. The summed E-state index contributed by atoms with van der Waals surface area (Å²) in [4.78, 5) is 0. The van der Waals surface area contributed by atoms with Crippen molar-refractivity contribution in [3.8, 4) is 11.5 Å². The van der Waals surface area contributed by atoms with Crippen molar-refractivity contribution in [3.05, 3.63) is 59.7 Å². The number of piperidine rings is 1. The predicted molar refractivity (Wildman–Crippen MR) is 125 cm³/mol. The highest BCUT2D eigenvalue weighted by atomic mass is 35.5. The summed E-state index contributed by atoms with van der Waals surface area (Å²) in [5.41, 5.74) is 1.80. The van der Waals surface area contributed by atoms with Crippen LogP contribution in [0.4, 0.5) is 13.2 Å². The van der Waals surface area contributed by atoms with Gasteiger partial charge < -0.3 is 20.1 Å². The molecule has 0 spiro atoms. The van der Waals surface area contributed by atoms with E-state index in [0.29, 0.717) is 23.9 Å². The molecule has 3 fully saturated rings. The van der Waals surface area contributed by atoms with Gasteiger partial charge in [-0.2, -0.15) is 0 Å². The van der Waals surface area contributed by atoms with Gasteiger partial charge in [-0.05, 0) is 62.3 Å². The highest BCUT2D eigenvalue weighted by Gasteiger charge is 2.49. The molecule has 0 aromatic heterocycles. The normalized spacial score (nSPS) is 26.2. The van der Waals surface area contributed by atoms with Crippen molar-refractivity contribution in [1.82, 2.24) is 10.6 Å². The van der Waals surface area contributed by atoms with Crippen molar-refractivity contribution in [1.29, 1.82) is 0 Å². The SMILES string of the molecule is Cl.Cl.FC(F)(F)Oc1ccc(OC2CC2)c(CNC2CCC3CCC2(c2ccccc2)N3)c1. The Morgan fingerprint density at radius 1 is 0.970 bits per heavy atom. The van der Waals surface area contributed by atoms with Gasteiger partial charge in [0, 0.05) is 24.2 Å². The zero-order valence-corrected chi connectivity index (χ0v) is 19.7. The van der Waals surface area contributed by atoms with Crippen LogP contribution in [0.25, 0.3) is 0 Å². The van der Waals surface area contributed by atoms with E-state index in [1.807, 2.05) is 6.07 Å². The van der Waals surface area contributed by atoms with E-state index < -0.39 is 6.36 Å². The number of fused-ring (bicyclic) bond motifs is 2. The van der Waals surface area contributed by atoms with E-state index in [-0.39, 0.29) is 48.2 Å². The molecule has 182 valence electrons. The molecule has 3 unspecified atom stereocenters. The molecule has 5 rings (SSSR count). The summed E-state index contributed by atoms with van der Waals surface area (Å²) >= 11 is 0. The van der Waals surface area contributed by atoms with Crippen LogP contribution < -0.4 is 20.1 Å². The summed E-state index contributed by atoms with van der Waals surface area (Å²) in [6, 6.07) is 15.5. The number of benzene rings is 2. The summed E-state index contributed by atoms with van der Waals surface area (Å²) in [5.74, 6) is 0.416. The second kappa shape index (κ2) is 10.3. The Hall–Kier alpha value is -1.67. The Morgan fingerprint density at radius 2 is 1.73 bits per heavy atom. The maximum Gasteiger partial charge on any atom is 0.573 e. The van der Waals surface area contributed by atoms with E-state index in [1.165, 1.54) is 17.7 Å². The van der Waals surface area contributed by atoms with Gasteiger partial charge in [0.2, 0.25) is 0 Å². The maximum atomic E-state index is 12.7. The third-order valence-corrected chi connectivity index (χ3v) is 6.66. The number of rotatable bonds is 7. The first-order chi connectivity index (χ1) is 14.9. The van der Waals surface area contributed by atoms with Crippen molar-refractivity contribution >= 4 is 24.8 Å². The zero-order valence-electron chi connectivity index (χ0n) is 18.1. The second-order valence-electron chi connectivity index (χ2n) is 8.86. The van der Waals surface area contributed by atoms with E-state index in [0.717, 1.165) is 38.5 Å². The van der Waals surface area contributed by atoms with E-state index in [9.17, 15) is 13.2 Å². The topological polar surface area (TPSA) is 42.5 Å². The Bertz CT molecular complexity index is 928. The number of nitrogens with one attached hydrogen (secondary N) is 2. The fourth-order valence-corrected chi connectivity index (χ4v) is 5.06. The molecule has 3 aliphatic rings. The van der Waals surface area contributed by atoms with Gasteiger partial charge in [-0.15, -0.1) is 38.0 Å². The Labute approximate surface area is 204 Å². The third-order valence-electron chi connectivity index (χ3n) is 6.66. The van der Waals surface area contributed by atoms with Crippen LogP contribution in [-0.4, -0.2) is 24.6 Å². The summed E-state index contributed by atoms with van der Waals surface area (Å²) in [6.45, 7) is 0.419. The van der Waals surface area contributed by atoms with Gasteiger partial charge in [-0.3, -0.25) is 0 Å². The molecule has 1 saturated carbocycles. The number of hydrogen-bond acceptors (Lipinski definition) is 4. The molecule has 2 bridgehead atoms. The van der Waals surface area contributed by atoms with Crippen LogP contribution in [0.1, 0.15) is 49.7 Å². The van der Waals surface area contributed by atoms with Crippen molar-refractivity contribution in [2.45, 2.75) is 75.2 Å². The fourth-order valence-electron chi connectivity index (χ4n) is 5.06. The van der Waals surface area contributed by atoms with Crippen LogP contribution in [0.3, 0.4) is 0 Å². The van der Waals surface area contributed by atoms with Gasteiger partial charge in [-0.25, -0.2) is 0 Å². The monoisotopic (exact) mass is 504 g/mol. The first-order valence-corrected chi connectivity index (χ1v) is 11.0.